The fraction of sp³-hybridized carbons (Fsp3) is 1.00. The van der Waals surface area contributed by atoms with Crippen LogP contribution in [0.3, 0.4) is 0 Å². The van der Waals surface area contributed by atoms with E-state index >= 15 is 0 Å². The van der Waals surface area contributed by atoms with E-state index in [2.05, 4.69) is 31.2 Å². The zero-order valence-corrected chi connectivity index (χ0v) is 11.3. The van der Waals surface area contributed by atoms with Gasteiger partial charge < -0.3 is 15.0 Å². The fourth-order valence-corrected chi connectivity index (χ4v) is 2.72. The third-order valence-corrected chi connectivity index (χ3v) is 4.04. The van der Waals surface area contributed by atoms with Crippen molar-refractivity contribution in [2.24, 2.45) is 5.92 Å². The van der Waals surface area contributed by atoms with Crippen molar-refractivity contribution >= 4 is 0 Å². The number of hydrogen-bond donors (Lipinski definition) is 1. The lowest BCUT2D eigenvalue weighted by atomic mass is 9.99. The van der Waals surface area contributed by atoms with Crippen molar-refractivity contribution < 1.29 is 4.74 Å². The smallest absolute Gasteiger partial charge is 0.0615 e. The summed E-state index contributed by atoms with van der Waals surface area (Å²) in [6.45, 7) is 4.25. The Labute approximate surface area is 101 Å². The number of ether oxygens (including phenoxy) is 1. The molecule has 1 aliphatic carbocycles. The van der Waals surface area contributed by atoms with Crippen LogP contribution in [0.5, 0.6) is 0 Å². The number of likely N-dealkylation sites (N-methyl/N-ethyl adjacent to an activating group) is 1. The van der Waals surface area contributed by atoms with Gasteiger partial charge in [-0.3, -0.25) is 0 Å². The molecule has 0 aromatic carbocycles. The second kappa shape index (κ2) is 7.25. The minimum absolute atomic E-state index is 0.527. The Balaban J connectivity index is 2.22. The molecule has 0 aromatic heterocycles. The van der Waals surface area contributed by atoms with E-state index in [0.29, 0.717) is 6.04 Å². The van der Waals surface area contributed by atoms with Gasteiger partial charge in [0.05, 0.1) is 6.61 Å². The molecule has 0 aliphatic heterocycles. The lowest BCUT2D eigenvalue weighted by Crippen LogP contribution is -2.36. The molecule has 0 aromatic rings. The van der Waals surface area contributed by atoms with Gasteiger partial charge in [0.15, 0.2) is 0 Å². The molecule has 0 heterocycles. The topological polar surface area (TPSA) is 24.5 Å². The first-order chi connectivity index (χ1) is 7.69. The first-order valence-corrected chi connectivity index (χ1v) is 6.55. The van der Waals surface area contributed by atoms with Crippen LogP contribution >= 0.6 is 0 Å². The summed E-state index contributed by atoms with van der Waals surface area (Å²) in [5.41, 5.74) is 0. The van der Waals surface area contributed by atoms with Crippen molar-refractivity contribution in [2.75, 3.05) is 34.4 Å². The number of methoxy groups -OCH3 is 1. The molecule has 3 nitrogen and oxygen atoms in total. The average molecular weight is 228 g/mol. The van der Waals surface area contributed by atoms with Gasteiger partial charge in [-0.25, -0.2) is 0 Å². The molecule has 0 saturated heterocycles. The molecule has 1 aliphatic rings. The highest BCUT2D eigenvalue weighted by Gasteiger charge is 2.25. The fourth-order valence-electron chi connectivity index (χ4n) is 2.72. The van der Waals surface area contributed by atoms with Crippen molar-refractivity contribution in [3.8, 4) is 0 Å². The van der Waals surface area contributed by atoms with Gasteiger partial charge in [-0.1, -0.05) is 6.42 Å². The van der Waals surface area contributed by atoms with Crippen molar-refractivity contribution in [2.45, 2.75) is 44.7 Å². The summed E-state index contributed by atoms with van der Waals surface area (Å²) in [7, 11) is 6.08. The first kappa shape index (κ1) is 13.9. The van der Waals surface area contributed by atoms with Gasteiger partial charge in [0.2, 0.25) is 0 Å². The number of rotatable bonds is 7. The zero-order valence-electron chi connectivity index (χ0n) is 11.3. The Hall–Kier alpha value is -0.120. The lowest BCUT2D eigenvalue weighted by Gasteiger charge is -2.27. The van der Waals surface area contributed by atoms with Crippen LogP contribution in [-0.4, -0.2) is 51.3 Å². The Bertz CT molecular complexity index is 187. The molecule has 3 unspecified atom stereocenters. The van der Waals surface area contributed by atoms with Crippen LogP contribution in [0.2, 0.25) is 0 Å². The van der Waals surface area contributed by atoms with E-state index in [-0.39, 0.29) is 0 Å². The molecule has 0 spiro atoms. The Morgan fingerprint density at radius 3 is 2.81 bits per heavy atom. The lowest BCUT2D eigenvalue weighted by molar-refractivity contribution is 0.111. The maximum absolute atomic E-state index is 5.18. The monoisotopic (exact) mass is 228 g/mol. The molecular formula is C13H28N2O. The van der Waals surface area contributed by atoms with E-state index in [9.17, 15) is 0 Å². The molecule has 96 valence electrons. The highest BCUT2D eigenvalue weighted by atomic mass is 16.5. The van der Waals surface area contributed by atoms with Crippen molar-refractivity contribution in [1.29, 1.82) is 0 Å². The molecule has 3 heteroatoms. The molecule has 1 fully saturated rings. The average Bonchev–Trinajstić information content (AvgIpc) is 2.73. The van der Waals surface area contributed by atoms with E-state index in [4.69, 9.17) is 4.74 Å². The molecule has 1 rings (SSSR count). The molecule has 0 amide bonds. The van der Waals surface area contributed by atoms with Crippen LogP contribution in [0.25, 0.3) is 0 Å². The van der Waals surface area contributed by atoms with Gasteiger partial charge in [-0.2, -0.15) is 0 Å². The predicted octanol–water partition coefficient (Wildman–Crippen LogP) is 1.73. The quantitative estimate of drug-likeness (QED) is 0.718. The molecule has 16 heavy (non-hydrogen) atoms. The van der Waals surface area contributed by atoms with E-state index in [1.807, 2.05) is 0 Å². The van der Waals surface area contributed by atoms with E-state index < -0.39 is 0 Å². The summed E-state index contributed by atoms with van der Waals surface area (Å²) in [6, 6.07) is 1.28. The SMILES string of the molecule is CNC1CCCC1CCN(C)C(C)COC. The third-order valence-electron chi connectivity index (χ3n) is 4.04. The highest BCUT2D eigenvalue weighted by Crippen LogP contribution is 2.28. The van der Waals surface area contributed by atoms with Gasteiger partial charge in [0, 0.05) is 19.2 Å². The molecular weight excluding hydrogens is 200 g/mol. The maximum atomic E-state index is 5.18. The molecule has 0 radical (unpaired) electrons. The van der Waals surface area contributed by atoms with E-state index in [1.165, 1.54) is 32.2 Å². The van der Waals surface area contributed by atoms with Crippen molar-refractivity contribution in [1.82, 2.24) is 10.2 Å². The minimum atomic E-state index is 0.527. The number of hydrogen-bond acceptors (Lipinski definition) is 3. The third kappa shape index (κ3) is 4.04. The van der Waals surface area contributed by atoms with Gasteiger partial charge in [-0.05, 0) is 52.7 Å². The van der Waals surface area contributed by atoms with Crippen LogP contribution in [0, 0.1) is 5.92 Å². The second-order valence-corrected chi connectivity index (χ2v) is 5.16. The Morgan fingerprint density at radius 1 is 1.44 bits per heavy atom. The van der Waals surface area contributed by atoms with Gasteiger partial charge in [0.1, 0.15) is 0 Å². The van der Waals surface area contributed by atoms with Gasteiger partial charge in [-0.15, -0.1) is 0 Å². The van der Waals surface area contributed by atoms with Crippen LogP contribution in [0.1, 0.15) is 32.6 Å². The van der Waals surface area contributed by atoms with Gasteiger partial charge in [0.25, 0.3) is 0 Å². The van der Waals surface area contributed by atoms with Crippen LogP contribution < -0.4 is 5.32 Å². The zero-order chi connectivity index (χ0) is 12.0. The predicted molar refractivity (Wildman–Crippen MR) is 68.8 cm³/mol. The van der Waals surface area contributed by atoms with Crippen LogP contribution in [-0.2, 0) is 4.74 Å². The normalized spacial score (nSPS) is 27.6. The maximum Gasteiger partial charge on any atom is 0.0615 e. The summed E-state index contributed by atoms with van der Waals surface area (Å²) >= 11 is 0. The minimum Gasteiger partial charge on any atom is -0.383 e. The summed E-state index contributed by atoms with van der Waals surface area (Å²) in [4.78, 5) is 2.41. The summed E-state index contributed by atoms with van der Waals surface area (Å²) < 4.78 is 5.18. The van der Waals surface area contributed by atoms with Crippen LogP contribution in [0.4, 0.5) is 0 Å². The van der Waals surface area contributed by atoms with Crippen molar-refractivity contribution in [3.63, 3.8) is 0 Å². The van der Waals surface area contributed by atoms with Crippen molar-refractivity contribution in [3.05, 3.63) is 0 Å². The van der Waals surface area contributed by atoms with Gasteiger partial charge >= 0.3 is 0 Å². The summed E-state index contributed by atoms with van der Waals surface area (Å²) in [5, 5.41) is 3.45. The second-order valence-electron chi connectivity index (χ2n) is 5.16. The summed E-state index contributed by atoms with van der Waals surface area (Å²) in [5.74, 6) is 0.877. The molecule has 0 bridgehead atoms. The largest absolute Gasteiger partial charge is 0.383 e. The van der Waals surface area contributed by atoms with E-state index in [0.717, 1.165) is 18.6 Å². The number of nitrogens with one attached hydrogen (secondary N) is 1. The first-order valence-electron chi connectivity index (χ1n) is 6.55. The standard InChI is InChI=1S/C13H28N2O/c1-11(10-16-4)15(3)9-8-12-6-5-7-13(12)14-2/h11-14H,5-10H2,1-4H3. The molecule has 1 N–H and O–H groups in total. The Morgan fingerprint density at radius 2 is 2.19 bits per heavy atom. The van der Waals surface area contributed by atoms with E-state index in [1.54, 1.807) is 7.11 Å². The number of nitrogens with zero attached hydrogens (tertiary/aromatic N) is 1. The molecule has 3 atom stereocenters. The van der Waals surface area contributed by atoms with Crippen LogP contribution in [0.15, 0.2) is 0 Å². The summed E-state index contributed by atoms with van der Waals surface area (Å²) in [6.07, 6.45) is 5.47. The molecule has 1 saturated carbocycles. The Kier molecular flexibility index (Phi) is 6.32. The highest BCUT2D eigenvalue weighted by molar-refractivity contribution is 4.82.